The van der Waals surface area contributed by atoms with E-state index >= 15 is 0 Å². The Hall–Kier alpha value is -1.39. The number of nitrogens with two attached hydrogens (primary N) is 1. The van der Waals surface area contributed by atoms with Crippen molar-refractivity contribution in [3.05, 3.63) is 58.3 Å². The molecule has 0 unspecified atom stereocenters. The molecule has 0 saturated heterocycles. The monoisotopic (exact) mass is 308 g/mol. The van der Waals surface area contributed by atoms with Gasteiger partial charge >= 0.3 is 0 Å². The molecular formula is C14H14BrFN2. The Morgan fingerprint density at radius 3 is 2.61 bits per heavy atom. The molecule has 18 heavy (non-hydrogen) atoms. The predicted octanol–water partition coefficient (Wildman–Crippen LogP) is 3.83. The summed E-state index contributed by atoms with van der Waals surface area (Å²) in [5, 5.41) is 3.28. The molecule has 0 atom stereocenters. The van der Waals surface area contributed by atoms with Gasteiger partial charge in [-0.15, -0.1) is 0 Å². The minimum atomic E-state index is -0.240. The van der Waals surface area contributed by atoms with Crippen LogP contribution in [0.4, 0.5) is 15.8 Å². The van der Waals surface area contributed by atoms with Crippen LogP contribution in [0.2, 0.25) is 0 Å². The normalized spacial score (nSPS) is 10.4. The van der Waals surface area contributed by atoms with E-state index in [0.29, 0.717) is 13.0 Å². The second kappa shape index (κ2) is 5.98. The average molecular weight is 309 g/mol. The van der Waals surface area contributed by atoms with Gasteiger partial charge in [-0.1, -0.05) is 12.1 Å². The third-order valence-electron chi connectivity index (χ3n) is 2.62. The first kappa shape index (κ1) is 13.1. The molecule has 2 aromatic carbocycles. The van der Waals surface area contributed by atoms with Crippen LogP contribution in [0.1, 0.15) is 5.56 Å². The van der Waals surface area contributed by atoms with Gasteiger partial charge in [0.1, 0.15) is 5.82 Å². The molecule has 2 aromatic rings. The molecule has 0 aliphatic rings. The van der Waals surface area contributed by atoms with E-state index in [9.17, 15) is 4.39 Å². The van der Waals surface area contributed by atoms with Crippen LogP contribution in [-0.2, 0) is 6.42 Å². The Balaban J connectivity index is 2.31. The van der Waals surface area contributed by atoms with E-state index in [1.54, 1.807) is 6.07 Å². The van der Waals surface area contributed by atoms with Crippen molar-refractivity contribution in [2.75, 3.05) is 11.9 Å². The van der Waals surface area contributed by atoms with Gasteiger partial charge in [0, 0.05) is 10.2 Å². The van der Waals surface area contributed by atoms with Crippen LogP contribution >= 0.6 is 15.9 Å². The van der Waals surface area contributed by atoms with E-state index in [2.05, 4.69) is 21.2 Å². The van der Waals surface area contributed by atoms with Crippen molar-refractivity contribution in [3.8, 4) is 0 Å². The fraction of sp³-hybridized carbons (Fsp3) is 0.143. The zero-order valence-electron chi connectivity index (χ0n) is 9.79. The van der Waals surface area contributed by atoms with E-state index in [1.807, 2.05) is 24.3 Å². The first-order valence-electron chi connectivity index (χ1n) is 5.71. The molecule has 0 spiro atoms. The fourth-order valence-corrected chi connectivity index (χ4v) is 2.14. The van der Waals surface area contributed by atoms with Gasteiger partial charge < -0.3 is 11.1 Å². The lowest BCUT2D eigenvalue weighted by atomic mass is 10.1. The maximum absolute atomic E-state index is 13.2. The molecular weight excluding hydrogens is 295 g/mol. The summed E-state index contributed by atoms with van der Waals surface area (Å²) < 4.78 is 14.2. The molecule has 0 aliphatic carbocycles. The van der Waals surface area contributed by atoms with E-state index < -0.39 is 0 Å². The maximum atomic E-state index is 13.2. The van der Waals surface area contributed by atoms with Gasteiger partial charge in [-0.2, -0.15) is 0 Å². The van der Waals surface area contributed by atoms with E-state index in [0.717, 1.165) is 21.4 Å². The van der Waals surface area contributed by atoms with Crippen LogP contribution in [0.5, 0.6) is 0 Å². The second-order valence-electron chi connectivity index (χ2n) is 3.94. The van der Waals surface area contributed by atoms with Crippen molar-refractivity contribution in [1.82, 2.24) is 0 Å². The first-order chi connectivity index (χ1) is 8.70. The lowest BCUT2D eigenvalue weighted by molar-refractivity contribution is 0.625. The van der Waals surface area contributed by atoms with Gasteiger partial charge in [0.15, 0.2) is 0 Å². The van der Waals surface area contributed by atoms with Gasteiger partial charge in [-0.25, -0.2) is 4.39 Å². The predicted molar refractivity (Wildman–Crippen MR) is 76.6 cm³/mol. The largest absolute Gasteiger partial charge is 0.354 e. The summed E-state index contributed by atoms with van der Waals surface area (Å²) in [6, 6.07) is 12.5. The number of halogens is 2. The molecule has 0 heterocycles. The maximum Gasteiger partial charge on any atom is 0.123 e. The number of anilines is 2. The van der Waals surface area contributed by atoms with Crippen molar-refractivity contribution >= 4 is 27.3 Å². The Kier molecular flexibility index (Phi) is 4.33. The summed E-state index contributed by atoms with van der Waals surface area (Å²) >= 11 is 3.47. The van der Waals surface area contributed by atoms with Crippen LogP contribution in [0.3, 0.4) is 0 Å². The smallest absolute Gasteiger partial charge is 0.123 e. The summed E-state index contributed by atoms with van der Waals surface area (Å²) in [5.74, 6) is -0.240. The highest BCUT2D eigenvalue weighted by Crippen LogP contribution is 2.27. The molecule has 0 fully saturated rings. The van der Waals surface area contributed by atoms with Crippen molar-refractivity contribution in [2.24, 2.45) is 5.73 Å². The molecule has 2 nitrogen and oxygen atoms in total. The molecule has 3 N–H and O–H groups in total. The number of para-hydroxylation sites is 1. The minimum Gasteiger partial charge on any atom is -0.354 e. The minimum absolute atomic E-state index is 0.240. The third kappa shape index (κ3) is 3.09. The zero-order chi connectivity index (χ0) is 13.0. The van der Waals surface area contributed by atoms with Crippen LogP contribution in [0.25, 0.3) is 0 Å². The standard InChI is InChI=1S/C14H14BrFN2/c15-12-3-1-2-4-14(12)18-13-6-5-11(16)9-10(13)7-8-17/h1-6,9,18H,7-8,17H2. The topological polar surface area (TPSA) is 38.0 Å². The highest BCUT2D eigenvalue weighted by molar-refractivity contribution is 9.10. The van der Waals surface area contributed by atoms with Gasteiger partial charge in [0.2, 0.25) is 0 Å². The summed E-state index contributed by atoms with van der Waals surface area (Å²) in [5.41, 5.74) is 8.26. The van der Waals surface area contributed by atoms with Crippen molar-refractivity contribution in [3.63, 3.8) is 0 Å². The quantitative estimate of drug-likeness (QED) is 0.901. The SMILES string of the molecule is NCCc1cc(F)ccc1Nc1ccccc1Br. The van der Waals surface area contributed by atoms with Gasteiger partial charge in [-0.05, 0) is 64.8 Å². The summed E-state index contributed by atoms with van der Waals surface area (Å²) in [6.07, 6.45) is 0.643. The number of hydrogen-bond acceptors (Lipinski definition) is 2. The third-order valence-corrected chi connectivity index (χ3v) is 3.32. The van der Waals surface area contributed by atoms with Crippen LogP contribution < -0.4 is 11.1 Å². The molecule has 0 bridgehead atoms. The number of nitrogens with one attached hydrogen (secondary N) is 1. The summed E-state index contributed by atoms with van der Waals surface area (Å²) in [7, 11) is 0. The Bertz CT molecular complexity index is 543. The van der Waals surface area contributed by atoms with Gasteiger partial charge in [-0.3, -0.25) is 0 Å². The van der Waals surface area contributed by atoms with E-state index in [4.69, 9.17) is 5.73 Å². The number of hydrogen-bond donors (Lipinski definition) is 2. The highest BCUT2D eigenvalue weighted by Gasteiger charge is 2.05. The average Bonchev–Trinajstić information content (AvgIpc) is 2.35. The fourth-order valence-electron chi connectivity index (χ4n) is 1.75. The lowest BCUT2D eigenvalue weighted by Crippen LogP contribution is -2.06. The number of rotatable bonds is 4. The molecule has 4 heteroatoms. The Morgan fingerprint density at radius 2 is 1.89 bits per heavy atom. The highest BCUT2D eigenvalue weighted by atomic mass is 79.9. The number of benzene rings is 2. The molecule has 0 aromatic heterocycles. The summed E-state index contributed by atoms with van der Waals surface area (Å²) in [6.45, 7) is 0.494. The van der Waals surface area contributed by atoms with Crippen molar-refractivity contribution in [1.29, 1.82) is 0 Å². The molecule has 0 radical (unpaired) electrons. The molecule has 0 saturated carbocycles. The van der Waals surface area contributed by atoms with Crippen LogP contribution in [0.15, 0.2) is 46.9 Å². The first-order valence-corrected chi connectivity index (χ1v) is 6.50. The molecule has 2 rings (SSSR count). The van der Waals surface area contributed by atoms with E-state index in [1.165, 1.54) is 12.1 Å². The summed E-state index contributed by atoms with van der Waals surface area (Å²) in [4.78, 5) is 0. The van der Waals surface area contributed by atoms with Crippen LogP contribution in [-0.4, -0.2) is 6.54 Å². The lowest BCUT2D eigenvalue weighted by Gasteiger charge is -2.13. The molecule has 0 aliphatic heterocycles. The molecule has 94 valence electrons. The Labute approximate surface area is 114 Å². The van der Waals surface area contributed by atoms with Gasteiger partial charge in [0.05, 0.1) is 5.69 Å². The van der Waals surface area contributed by atoms with Crippen molar-refractivity contribution < 1.29 is 4.39 Å². The van der Waals surface area contributed by atoms with Gasteiger partial charge in [0.25, 0.3) is 0 Å². The zero-order valence-corrected chi connectivity index (χ0v) is 11.4. The van der Waals surface area contributed by atoms with Crippen LogP contribution in [0, 0.1) is 5.82 Å². The molecule has 0 amide bonds. The van der Waals surface area contributed by atoms with E-state index in [-0.39, 0.29) is 5.82 Å². The van der Waals surface area contributed by atoms with Crippen molar-refractivity contribution in [2.45, 2.75) is 6.42 Å². The second-order valence-corrected chi connectivity index (χ2v) is 4.80. The Morgan fingerprint density at radius 1 is 1.11 bits per heavy atom.